The lowest BCUT2D eigenvalue weighted by molar-refractivity contribution is 0.280. The van der Waals surface area contributed by atoms with Crippen LogP contribution in [-0.4, -0.2) is 11.4 Å². The third-order valence-electron chi connectivity index (χ3n) is 3.09. The SMILES string of the molecule is CSc1ccc(CNCc2ccccc2CO)cc1. The molecule has 0 aliphatic rings. The van der Waals surface area contributed by atoms with Crippen molar-refractivity contribution in [2.75, 3.05) is 6.26 Å². The van der Waals surface area contributed by atoms with Gasteiger partial charge in [-0.05, 0) is 35.1 Å². The van der Waals surface area contributed by atoms with E-state index in [0.717, 1.165) is 24.2 Å². The summed E-state index contributed by atoms with van der Waals surface area (Å²) in [5, 5.41) is 12.7. The summed E-state index contributed by atoms with van der Waals surface area (Å²) in [4.78, 5) is 1.29. The molecular formula is C16H19NOS. The molecule has 0 saturated carbocycles. The molecule has 2 aromatic carbocycles. The Labute approximate surface area is 118 Å². The highest BCUT2D eigenvalue weighted by molar-refractivity contribution is 7.98. The van der Waals surface area contributed by atoms with Crippen molar-refractivity contribution >= 4 is 11.8 Å². The Kier molecular flexibility index (Phi) is 5.45. The largest absolute Gasteiger partial charge is 0.392 e. The van der Waals surface area contributed by atoms with Crippen molar-refractivity contribution in [2.24, 2.45) is 0 Å². The van der Waals surface area contributed by atoms with Crippen LogP contribution in [0.5, 0.6) is 0 Å². The minimum absolute atomic E-state index is 0.0975. The second kappa shape index (κ2) is 7.34. The number of aliphatic hydroxyl groups excluding tert-OH is 1. The highest BCUT2D eigenvalue weighted by Gasteiger charge is 2.00. The molecule has 0 aliphatic carbocycles. The molecule has 0 saturated heterocycles. The standard InChI is InChI=1S/C16H19NOS/c1-19-16-8-6-13(7-9-16)10-17-11-14-4-2-3-5-15(14)12-18/h2-9,17-18H,10-12H2,1H3. The van der Waals surface area contributed by atoms with Gasteiger partial charge in [0.15, 0.2) is 0 Å². The number of rotatable bonds is 6. The lowest BCUT2D eigenvalue weighted by atomic mass is 10.1. The van der Waals surface area contributed by atoms with Crippen LogP contribution in [0.4, 0.5) is 0 Å². The normalized spacial score (nSPS) is 10.6. The van der Waals surface area contributed by atoms with Gasteiger partial charge in [-0.15, -0.1) is 11.8 Å². The first-order chi connectivity index (χ1) is 9.33. The van der Waals surface area contributed by atoms with E-state index < -0.39 is 0 Å². The van der Waals surface area contributed by atoms with Gasteiger partial charge in [0, 0.05) is 18.0 Å². The van der Waals surface area contributed by atoms with Gasteiger partial charge in [0.25, 0.3) is 0 Å². The molecule has 3 heteroatoms. The number of hydrogen-bond acceptors (Lipinski definition) is 3. The number of aliphatic hydroxyl groups is 1. The van der Waals surface area contributed by atoms with Crippen molar-refractivity contribution in [2.45, 2.75) is 24.6 Å². The molecule has 2 nitrogen and oxygen atoms in total. The van der Waals surface area contributed by atoms with Crippen LogP contribution in [0.15, 0.2) is 53.4 Å². The molecule has 2 N–H and O–H groups in total. The Hall–Kier alpha value is -1.29. The molecule has 0 aliphatic heterocycles. The summed E-state index contributed by atoms with van der Waals surface area (Å²) in [6, 6.07) is 16.6. The zero-order chi connectivity index (χ0) is 13.5. The minimum Gasteiger partial charge on any atom is -0.392 e. The molecule has 0 atom stereocenters. The summed E-state index contributed by atoms with van der Waals surface area (Å²) >= 11 is 1.75. The van der Waals surface area contributed by atoms with E-state index in [9.17, 15) is 5.11 Å². The van der Waals surface area contributed by atoms with E-state index in [2.05, 4.69) is 41.9 Å². The van der Waals surface area contributed by atoms with Crippen LogP contribution >= 0.6 is 11.8 Å². The topological polar surface area (TPSA) is 32.3 Å². The number of hydrogen-bond donors (Lipinski definition) is 2. The fourth-order valence-corrected chi connectivity index (χ4v) is 2.38. The van der Waals surface area contributed by atoms with Gasteiger partial charge >= 0.3 is 0 Å². The molecule has 0 fully saturated rings. The van der Waals surface area contributed by atoms with Gasteiger partial charge in [-0.3, -0.25) is 0 Å². The molecular weight excluding hydrogens is 254 g/mol. The first kappa shape index (κ1) is 14.1. The van der Waals surface area contributed by atoms with Crippen LogP contribution in [-0.2, 0) is 19.7 Å². The Morgan fingerprint density at radius 3 is 2.26 bits per heavy atom. The number of thioether (sulfide) groups is 1. The van der Waals surface area contributed by atoms with Crippen LogP contribution in [0.2, 0.25) is 0 Å². The molecule has 19 heavy (non-hydrogen) atoms. The van der Waals surface area contributed by atoms with Crippen LogP contribution in [0, 0.1) is 0 Å². The molecule has 0 bridgehead atoms. The Bertz CT molecular complexity index is 510. The monoisotopic (exact) mass is 273 g/mol. The van der Waals surface area contributed by atoms with E-state index in [0.29, 0.717) is 0 Å². The van der Waals surface area contributed by atoms with Gasteiger partial charge < -0.3 is 10.4 Å². The first-order valence-electron chi connectivity index (χ1n) is 6.35. The Morgan fingerprint density at radius 1 is 0.947 bits per heavy atom. The molecule has 0 unspecified atom stereocenters. The third kappa shape index (κ3) is 4.10. The third-order valence-corrected chi connectivity index (χ3v) is 3.84. The van der Waals surface area contributed by atoms with Crippen molar-refractivity contribution in [1.29, 1.82) is 0 Å². The summed E-state index contributed by atoms with van der Waals surface area (Å²) in [6.45, 7) is 1.72. The van der Waals surface area contributed by atoms with Crippen LogP contribution < -0.4 is 5.32 Å². The zero-order valence-corrected chi connectivity index (χ0v) is 11.9. The highest BCUT2D eigenvalue weighted by atomic mass is 32.2. The number of nitrogens with one attached hydrogen (secondary N) is 1. The van der Waals surface area contributed by atoms with Gasteiger partial charge in [0.2, 0.25) is 0 Å². The predicted octanol–water partition coefficient (Wildman–Crippen LogP) is 3.19. The zero-order valence-electron chi connectivity index (χ0n) is 11.1. The minimum atomic E-state index is 0.0975. The van der Waals surface area contributed by atoms with Gasteiger partial charge in [-0.25, -0.2) is 0 Å². The second-order valence-corrected chi connectivity index (χ2v) is 5.26. The second-order valence-electron chi connectivity index (χ2n) is 4.38. The molecule has 2 aromatic rings. The Balaban J connectivity index is 1.88. The molecule has 0 radical (unpaired) electrons. The highest BCUT2D eigenvalue weighted by Crippen LogP contribution is 2.15. The molecule has 2 rings (SSSR count). The lowest BCUT2D eigenvalue weighted by Crippen LogP contribution is -2.14. The average molecular weight is 273 g/mol. The van der Waals surface area contributed by atoms with Crippen molar-refractivity contribution in [3.63, 3.8) is 0 Å². The maximum absolute atomic E-state index is 9.26. The van der Waals surface area contributed by atoms with Crippen molar-refractivity contribution in [3.8, 4) is 0 Å². The van der Waals surface area contributed by atoms with Crippen molar-refractivity contribution < 1.29 is 5.11 Å². The average Bonchev–Trinajstić information content (AvgIpc) is 2.48. The summed E-state index contributed by atoms with van der Waals surface area (Å²) in [6.07, 6.45) is 2.08. The maximum Gasteiger partial charge on any atom is 0.0685 e. The van der Waals surface area contributed by atoms with E-state index in [1.165, 1.54) is 10.5 Å². The van der Waals surface area contributed by atoms with E-state index in [1.54, 1.807) is 11.8 Å². The maximum atomic E-state index is 9.26. The molecule has 0 aromatic heterocycles. The van der Waals surface area contributed by atoms with Crippen molar-refractivity contribution in [1.82, 2.24) is 5.32 Å². The van der Waals surface area contributed by atoms with Crippen LogP contribution in [0.3, 0.4) is 0 Å². The predicted molar refractivity (Wildman–Crippen MR) is 81.1 cm³/mol. The van der Waals surface area contributed by atoms with E-state index in [1.807, 2.05) is 18.2 Å². The van der Waals surface area contributed by atoms with Gasteiger partial charge in [-0.1, -0.05) is 36.4 Å². The lowest BCUT2D eigenvalue weighted by Gasteiger charge is -2.09. The van der Waals surface area contributed by atoms with Gasteiger partial charge in [0.1, 0.15) is 0 Å². The smallest absolute Gasteiger partial charge is 0.0685 e. The molecule has 0 amide bonds. The van der Waals surface area contributed by atoms with E-state index in [4.69, 9.17) is 0 Å². The number of benzene rings is 2. The first-order valence-corrected chi connectivity index (χ1v) is 7.57. The molecule has 0 spiro atoms. The van der Waals surface area contributed by atoms with E-state index >= 15 is 0 Å². The van der Waals surface area contributed by atoms with Crippen molar-refractivity contribution in [3.05, 3.63) is 65.2 Å². The van der Waals surface area contributed by atoms with E-state index in [-0.39, 0.29) is 6.61 Å². The van der Waals surface area contributed by atoms with Gasteiger partial charge in [0.05, 0.1) is 6.61 Å². The van der Waals surface area contributed by atoms with Crippen LogP contribution in [0.25, 0.3) is 0 Å². The molecule has 0 heterocycles. The quantitative estimate of drug-likeness (QED) is 0.793. The summed E-state index contributed by atoms with van der Waals surface area (Å²) in [5.41, 5.74) is 3.43. The fourth-order valence-electron chi connectivity index (χ4n) is 1.97. The molecule has 100 valence electrons. The summed E-state index contributed by atoms with van der Waals surface area (Å²) < 4.78 is 0. The summed E-state index contributed by atoms with van der Waals surface area (Å²) in [5.74, 6) is 0. The fraction of sp³-hybridized carbons (Fsp3) is 0.250. The van der Waals surface area contributed by atoms with Gasteiger partial charge in [-0.2, -0.15) is 0 Å². The van der Waals surface area contributed by atoms with Crippen LogP contribution in [0.1, 0.15) is 16.7 Å². The summed E-state index contributed by atoms with van der Waals surface area (Å²) in [7, 11) is 0. The Morgan fingerprint density at radius 2 is 1.63 bits per heavy atom.